The number of thioether (sulfide) groups is 1. The third kappa shape index (κ3) is 5.71. The topological polar surface area (TPSA) is 38.5 Å². The van der Waals surface area contributed by atoms with Crippen molar-refractivity contribution in [2.24, 2.45) is 5.73 Å². The molecule has 3 nitrogen and oxygen atoms in total. The molecule has 1 aromatic carbocycles. The summed E-state index contributed by atoms with van der Waals surface area (Å²) >= 11 is 6.75. The first-order valence-corrected chi connectivity index (χ1v) is 7.64. The van der Waals surface area contributed by atoms with Crippen molar-refractivity contribution < 1.29 is 4.74 Å². The zero-order valence-electron chi connectivity index (χ0n) is 10.9. The zero-order valence-corrected chi connectivity index (χ0v) is 12.5. The van der Waals surface area contributed by atoms with Crippen molar-refractivity contribution in [2.75, 3.05) is 38.8 Å². The standard InChI is InChI=1S/C13H20N2OS2/c1-15(8-10-18-2)7-9-16-12-5-3-11(4-6-12)13(14)17/h3-6H,7-10H2,1-2H3,(H2,14,17). The van der Waals surface area contributed by atoms with Crippen LogP contribution in [0.3, 0.4) is 0 Å². The van der Waals surface area contributed by atoms with Gasteiger partial charge < -0.3 is 15.4 Å². The third-order valence-corrected chi connectivity index (χ3v) is 3.38. The predicted molar refractivity (Wildman–Crippen MR) is 83.7 cm³/mol. The molecule has 0 aliphatic heterocycles. The van der Waals surface area contributed by atoms with Crippen molar-refractivity contribution in [3.05, 3.63) is 29.8 Å². The lowest BCUT2D eigenvalue weighted by Gasteiger charge is -2.16. The number of likely N-dealkylation sites (N-methyl/N-ethyl adjacent to an activating group) is 1. The van der Waals surface area contributed by atoms with E-state index in [2.05, 4.69) is 18.2 Å². The van der Waals surface area contributed by atoms with Crippen LogP contribution in [0.1, 0.15) is 5.56 Å². The van der Waals surface area contributed by atoms with Crippen molar-refractivity contribution in [3.63, 3.8) is 0 Å². The second kappa shape index (κ2) is 8.34. The molecule has 0 radical (unpaired) electrons. The first-order valence-electron chi connectivity index (χ1n) is 5.83. The lowest BCUT2D eigenvalue weighted by molar-refractivity contribution is 0.245. The van der Waals surface area contributed by atoms with Crippen LogP contribution in [0.2, 0.25) is 0 Å². The van der Waals surface area contributed by atoms with Gasteiger partial charge in [0.25, 0.3) is 0 Å². The van der Waals surface area contributed by atoms with Gasteiger partial charge in [-0.3, -0.25) is 0 Å². The van der Waals surface area contributed by atoms with Gasteiger partial charge in [-0.25, -0.2) is 0 Å². The summed E-state index contributed by atoms with van der Waals surface area (Å²) in [6, 6.07) is 7.57. The van der Waals surface area contributed by atoms with Crippen LogP contribution in [-0.4, -0.2) is 48.6 Å². The van der Waals surface area contributed by atoms with Gasteiger partial charge in [0.05, 0.1) is 0 Å². The minimum absolute atomic E-state index is 0.415. The van der Waals surface area contributed by atoms with Crippen LogP contribution >= 0.6 is 24.0 Å². The molecule has 0 saturated carbocycles. The highest BCUT2D eigenvalue weighted by Gasteiger charge is 2.00. The van der Waals surface area contributed by atoms with Crippen LogP contribution in [0.15, 0.2) is 24.3 Å². The number of benzene rings is 1. The Kier molecular flexibility index (Phi) is 7.08. The first kappa shape index (κ1) is 15.3. The number of hydrogen-bond donors (Lipinski definition) is 1. The Labute approximate surface area is 119 Å². The molecular weight excluding hydrogens is 264 g/mol. The molecule has 0 aliphatic rings. The van der Waals surface area contributed by atoms with Crippen LogP contribution in [0.4, 0.5) is 0 Å². The van der Waals surface area contributed by atoms with Gasteiger partial charge in [-0.05, 0) is 37.6 Å². The van der Waals surface area contributed by atoms with Gasteiger partial charge in [-0.2, -0.15) is 11.8 Å². The lowest BCUT2D eigenvalue weighted by Crippen LogP contribution is -2.26. The molecule has 1 rings (SSSR count). The average Bonchev–Trinajstić information content (AvgIpc) is 2.37. The Morgan fingerprint density at radius 3 is 2.56 bits per heavy atom. The van der Waals surface area contributed by atoms with Gasteiger partial charge >= 0.3 is 0 Å². The maximum Gasteiger partial charge on any atom is 0.119 e. The predicted octanol–water partition coefficient (Wildman–Crippen LogP) is 1.99. The molecule has 0 amide bonds. The summed E-state index contributed by atoms with van der Waals surface area (Å²) in [4.78, 5) is 2.68. The lowest BCUT2D eigenvalue weighted by atomic mass is 10.2. The molecule has 18 heavy (non-hydrogen) atoms. The number of thiocarbonyl (C=S) groups is 1. The Balaban J connectivity index is 2.29. The highest BCUT2D eigenvalue weighted by atomic mass is 32.2. The summed E-state index contributed by atoms with van der Waals surface area (Å²) in [5, 5.41) is 0. The van der Waals surface area contributed by atoms with E-state index in [1.165, 1.54) is 0 Å². The van der Waals surface area contributed by atoms with Crippen molar-refractivity contribution in [3.8, 4) is 5.75 Å². The van der Waals surface area contributed by atoms with E-state index in [1.54, 1.807) is 0 Å². The largest absolute Gasteiger partial charge is 0.492 e. The van der Waals surface area contributed by atoms with Crippen molar-refractivity contribution in [2.45, 2.75) is 0 Å². The minimum atomic E-state index is 0.415. The Morgan fingerprint density at radius 1 is 1.33 bits per heavy atom. The second-order valence-corrected chi connectivity index (χ2v) is 5.46. The highest BCUT2D eigenvalue weighted by Crippen LogP contribution is 2.12. The highest BCUT2D eigenvalue weighted by molar-refractivity contribution is 7.98. The Bertz CT molecular complexity index is 368. The van der Waals surface area contributed by atoms with Crippen LogP contribution in [0.25, 0.3) is 0 Å². The van der Waals surface area contributed by atoms with Gasteiger partial charge in [0.1, 0.15) is 17.3 Å². The number of ether oxygens (including phenoxy) is 1. The van der Waals surface area contributed by atoms with E-state index in [1.807, 2.05) is 36.0 Å². The van der Waals surface area contributed by atoms with E-state index in [9.17, 15) is 0 Å². The maximum atomic E-state index is 5.66. The molecule has 100 valence electrons. The molecule has 0 atom stereocenters. The summed E-state index contributed by atoms with van der Waals surface area (Å²) in [6.45, 7) is 2.71. The molecule has 0 unspecified atom stereocenters. The fourth-order valence-electron chi connectivity index (χ4n) is 1.39. The van der Waals surface area contributed by atoms with E-state index in [4.69, 9.17) is 22.7 Å². The summed E-state index contributed by atoms with van der Waals surface area (Å²) < 4.78 is 5.66. The van der Waals surface area contributed by atoms with Crippen molar-refractivity contribution in [1.82, 2.24) is 4.90 Å². The molecule has 0 aromatic heterocycles. The molecule has 2 N–H and O–H groups in total. The van der Waals surface area contributed by atoms with Gasteiger partial charge in [0, 0.05) is 24.4 Å². The molecule has 0 fully saturated rings. The summed E-state index contributed by atoms with van der Waals surface area (Å²) in [5.74, 6) is 2.01. The maximum absolute atomic E-state index is 5.66. The van der Waals surface area contributed by atoms with E-state index >= 15 is 0 Å². The van der Waals surface area contributed by atoms with Gasteiger partial charge in [0.15, 0.2) is 0 Å². The molecule has 0 heterocycles. The number of hydrogen-bond acceptors (Lipinski definition) is 4. The van der Waals surface area contributed by atoms with Crippen LogP contribution in [-0.2, 0) is 0 Å². The van der Waals surface area contributed by atoms with Crippen LogP contribution in [0.5, 0.6) is 5.75 Å². The average molecular weight is 284 g/mol. The van der Waals surface area contributed by atoms with Gasteiger partial charge in [-0.1, -0.05) is 12.2 Å². The van der Waals surface area contributed by atoms with Crippen molar-refractivity contribution >= 4 is 29.0 Å². The quantitative estimate of drug-likeness (QED) is 0.739. The molecule has 5 heteroatoms. The van der Waals surface area contributed by atoms with Crippen LogP contribution < -0.4 is 10.5 Å². The molecule has 0 spiro atoms. The van der Waals surface area contributed by atoms with Crippen LogP contribution in [0, 0.1) is 0 Å². The van der Waals surface area contributed by atoms with E-state index in [0.29, 0.717) is 11.6 Å². The SMILES string of the molecule is CSCCN(C)CCOc1ccc(C(N)=S)cc1. The second-order valence-electron chi connectivity index (χ2n) is 4.03. The first-order chi connectivity index (χ1) is 8.63. The van der Waals surface area contributed by atoms with Crippen molar-refractivity contribution in [1.29, 1.82) is 0 Å². The smallest absolute Gasteiger partial charge is 0.119 e. The molecule has 0 aliphatic carbocycles. The third-order valence-electron chi connectivity index (χ3n) is 2.56. The zero-order chi connectivity index (χ0) is 13.4. The summed E-state index contributed by atoms with van der Waals surface area (Å²) in [6.07, 6.45) is 2.12. The molecular formula is C13H20N2OS2. The number of nitrogens with zero attached hydrogens (tertiary/aromatic N) is 1. The van der Waals surface area contributed by atoms with E-state index in [-0.39, 0.29) is 0 Å². The normalized spacial score (nSPS) is 10.6. The number of rotatable bonds is 8. The Hall–Kier alpha value is -0.780. The molecule has 0 saturated heterocycles. The molecule has 0 bridgehead atoms. The van der Waals surface area contributed by atoms with Gasteiger partial charge in [-0.15, -0.1) is 0 Å². The summed E-state index contributed by atoms with van der Waals surface area (Å²) in [7, 11) is 2.11. The monoisotopic (exact) mass is 284 g/mol. The summed E-state index contributed by atoms with van der Waals surface area (Å²) in [5.41, 5.74) is 6.40. The van der Waals surface area contributed by atoms with Gasteiger partial charge in [0.2, 0.25) is 0 Å². The van der Waals surface area contributed by atoms with E-state index < -0.39 is 0 Å². The Morgan fingerprint density at radius 2 is 2.00 bits per heavy atom. The fourth-order valence-corrected chi connectivity index (χ4v) is 2.02. The minimum Gasteiger partial charge on any atom is -0.492 e. The number of nitrogens with two attached hydrogens (primary N) is 1. The van der Waals surface area contributed by atoms with E-state index in [0.717, 1.165) is 30.2 Å². The fraction of sp³-hybridized carbons (Fsp3) is 0.462. The molecule has 1 aromatic rings.